The maximum atomic E-state index is 12.7. The summed E-state index contributed by atoms with van der Waals surface area (Å²) in [5.74, 6) is 0.840. The number of anilines is 1. The van der Waals surface area contributed by atoms with Gasteiger partial charge in [-0.15, -0.1) is 0 Å². The number of urea groups is 1. The summed E-state index contributed by atoms with van der Waals surface area (Å²) in [6.07, 6.45) is 2.39. The molecule has 0 aliphatic carbocycles. The number of likely N-dealkylation sites (tertiary alicyclic amines) is 1. The van der Waals surface area contributed by atoms with Gasteiger partial charge in [0.2, 0.25) is 0 Å². The second-order valence-corrected chi connectivity index (χ2v) is 7.40. The Balaban J connectivity index is 1.47. The van der Waals surface area contributed by atoms with Crippen molar-refractivity contribution >= 4 is 22.5 Å². The summed E-state index contributed by atoms with van der Waals surface area (Å²) < 4.78 is 5.39. The van der Waals surface area contributed by atoms with Gasteiger partial charge in [0, 0.05) is 11.9 Å². The lowest BCUT2D eigenvalue weighted by Gasteiger charge is -2.28. The number of rotatable bonds is 6. The number of amides is 2. The molecule has 2 amide bonds. The summed E-state index contributed by atoms with van der Waals surface area (Å²) in [5, 5.41) is 8.23. The number of methoxy groups -OCH3 is 1. The molecule has 0 aromatic heterocycles. The fraction of sp³-hybridized carbons (Fsp3) is 0.292. The number of fused-ring (bicyclic) bond motifs is 1. The first-order valence-corrected chi connectivity index (χ1v) is 10.2. The third-order valence-corrected chi connectivity index (χ3v) is 5.55. The highest BCUT2D eigenvalue weighted by Crippen LogP contribution is 2.27. The van der Waals surface area contributed by atoms with Crippen molar-refractivity contribution in [2.45, 2.75) is 18.9 Å². The van der Waals surface area contributed by atoms with Gasteiger partial charge in [0.05, 0.1) is 18.8 Å². The minimum atomic E-state index is -0.187. The Labute approximate surface area is 171 Å². The summed E-state index contributed by atoms with van der Waals surface area (Å²) in [6, 6.07) is 22.1. The zero-order chi connectivity index (χ0) is 20.1. The van der Waals surface area contributed by atoms with Crippen LogP contribution in [-0.2, 0) is 0 Å². The Morgan fingerprint density at radius 2 is 1.79 bits per heavy atom. The number of hydrogen-bond acceptors (Lipinski definition) is 3. The molecule has 5 nitrogen and oxygen atoms in total. The van der Waals surface area contributed by atoms with Crippen molar-refractivity contribution < 1.29 is 9.53 Å². The molecule has 2 N–H and O–H groups in total. The van der Waals surface area contributed by atoms with E-state index in [2.05, 4.69) is 27.7 Å². The van der Waals surface area contributed by atoms with Crippen LogP contribution in [0.25, 0.3) is 10.8 Å². The molecule has 1 aliphatic rings. The van der Waals surface area contributed by atoms with Crippen molar-refractivity contribution in [2.75, 3.05) is 32.1 Å². The Hall–Kier alpha value is -3.05. The standard InChI is InChI=1S/C24H27N3O2/c1-29-20-11-6-10-19(16-20)23(27-14-4-5-15-27)17-25-24(28)26-22-13-7-9-18-8-2-3-12-21(18)22/h2-3,6-13,16,23H,4-5,14-15,17H2,1H3,(H2,25,26,28)/t23-/m1/s1. The zero-order valence-corrected chi connectivity index (χ0v) is 16.7. The molecule has 0 spiro atoms. The molecular formula is C24H27N3O2. The largest absolute Gasteiger partial charge is 0.497 e. The van der Waals surface area contributed by atoms with Gasteiger partial charge < -0.3 is 15.4 Å². The number of ether oxygens (including phenoxy) is 1. The first-order chi connectivity index (χ1) is 14.2. The van der Waals surface area contributed by atoms with Gasteiger partial charge in [-0.05, 0) is 55.1 Å². The second kappa shape index (κ2) is 8.97. The van der Waals surface area contributed by atoms with E-state index in [0.29, 0.717) is 6.54 Å². The van der Waals surface area contributed by atoms with E-state index < -0.39 is 0 Å². The smallest absolute Gasteiger partial charge is 0.319 e. The van der Waals surface area contributed by atoms with E-state index >= 15 is 0 Å². The lowest BCUT2D eigenvalue weighted by Crippen LogP contribution is -2.38. The second-order valence-electron chi connectivity index (χ2n) is 7.40. The van der Waals surface area contributed by atoms with Crippen molar-refractivity contribution in [1.29, 1.82) is 0 Å². The van der Waals surface area contributed by atoms with Crippen molar-refractivity contribution in [1.82, 2.24) is 10.2 Å². The highest BCUT2D eigenvalue weighted by Gasteiger charge is 2.24. The van der Waals surface area contributed by atoms with Gasteiger partial charge in [-0.2, -0.15) is 0 Å². The van der Waals surface area contributed by atoms with E-state index in [1.54, 1.807) is 7.11 Å². The average molecular weight is 389 g/mol. The van der Waals surface area contributed by atoms with Crippen LogP contribution in [-0.4, -0.2) is 37.7 Å². The van der Waals surface area contributed by atoms with Gasteiger partial charge in [0.1, 0.15) is 5.75 Å². The number of hydrogen-bond donors (Lipinski definition) is 2. The highest BCUT2D eigenvalue weighted by atomic mass is 16.5. The molecule has 0 radical (unpaired) electrons. The van der Waals surface area contributed by atoms with Crippen LogP contribution in [0.1, 0.15) is 24.4 Å². The van der Waals surface area contributed by atoms with Crippen LogP contribution < -0.4 is 15.4 Å². The number of carbonyl (C=O) groups excluding carboxylic acids is 1. The summed E-state index contributed by atoms with van der Waals surface area (Å²) in [4.78, 5) is 15.1. The van der Waals surface area contributed by atoms with Crippen LogP contribution >= 0.6 is 0 Å². The molecule has 150 valence electrons. The molecule has 0 bridgehead atoms. The Kier molecular flexibility index (Phi) is 5.96. The molecule has 4 rings (SSSR count). The predicted molar refractivity (Wildman–Crippen MR) is 118 cm³/mol. The molecule has 5 heteroatoms. The molecular weight excluding hydrogens is 362 g/mol. The van der Waals surface area contributed by atoms with E-state index in [9.17, 15) is 4.79 Å². The maximum absolute atomic E-state index is 12.7. The number of benzene rings is 3. The topological polar surface area (TPSA) is 53.6 Å². The minimum absolute atomic E-state index is 0.130. The monoisotopic (exact) mass is 389 g/mol. The van der Waals surface area contributed by atoms with Crippen LogP contribution in [0.2, 0.25) is 0 Å². The fourth-order valence-corrected chi connectivity index (χ4v) is 4.05. The van der Waals surface area contributed by atoms with Crippen molar-refractivity contribution in [3.8, 4) is 5.75 Å². The molecule has 1 aliphatic heterocycles. The third-order valence-electron chi connectivity index (χ3n) is 5.55. The first-order valence-electron chi connectivity index (χ1n) is 10.2. The predicted octanol–water partition coefficient (Wildman–Crippen LogP) is 4.81. The van der Waals surface area contributed by atoms with Crippen molar-refractivity contribution in [2.24, 2.45) is 0 Å². The van der Waals surface area contributed by atoms with E-state index in [1.165, 1.54) is 12.8 Å². The van der Waals surface area contributed by atoms with Gasteiger partial charge in [0.15, 0.2) is 0 Å². The lowest BCUT2D eigenvalue weighted by atomic mass is 10.1. The normalized spacial score (nSPS) is 15.2. The quantitative estimate of drug-likeness (QED) is 0.636. The van der Waals surface area contributed by atoms with Crippen LogP contribution in [0.5, 0.6) is 5.75 Å². The number of nitrogens with one attached hydrogen (secondary N) is 2. The molecule has 29 heavy (non-hydrogen) atoms. The Bertz CT molecular complexity index is 977. The highest BCUT2D eigenvalue weighted by molar-refractivity contribution is 6.01. The molecule has 1 heterocycles. The minimum Gasteiger partial charge on any atom is -0.497 e. The Morgan fingerprint density at radius 1 is 1.03 bits per heavy atom. The van der Waals surface area contributed by atoms with E-state index in [0.717, 1.165) is 40.9 Å². The Morgan fingerprint density at radius 3 is 2.62 bits per heavy atom. The SMILES string of the molecule is COc1cccc([C@@H](CNC(=O)Nc2cccc3ccccc23)N2CCCC2)c1. The van der Waals surface area contributed by atoms with E-state index in [1.807, 2.05) is 54.6 Å². The van der Waals surface area contributed by atoms with Gasteiger partial charge in [-0.3, -0.25) is 4.90 Å². The fourth-order valence-electron chi connectivity index (χ4n) is 4.05. The first kappa shape index (κ1) is 19.3. The summed E-state index contributed by atoms with van der Waals surface area (Å²) >= 11 is 0. The molecule has 0 saturated carbocycles. The molecule has 0 unspecified atom stereocenters. The zero-order valence-electron chi connectivity index (χ0n) is 16.7. The van der Waals surface area contributed by atoms with Crippen LogP contribution in [0.3, 0.4) is 0 Å². The average Bonchev–Trinajstić information content (AvgIpc) is 3.29. The van der Waals surface area contributed by atoms with Gasteiger partial charge >= 0.3 is 6.03 Å². The molecule has 1 saturated heterocycles. The molecule has 1 fully saturated rings. The van der Waals surface area contributed by atoms with Gasteiger partial charge in [-0.25, -0.2) is 4.79 Å². The molecule has 3 aromatic rings. The van der Waals surface area contributed by atoms with Crippen LogP contribution in [0.4, 0.5) is 10.5 Å². The summed E-state index contributed by atoms with van der Waals surface area (Å²) in [6.45, 7) is 2.65. The summed E-state index contributed by atoms with van der Waals surface area (Å²) in [5.41, 5.74) is 1.98. The van der Waals surface area contributed by atoms with Gasteiger partial charge in [-0.1, -0.05) is 48.5 Å². The van der Waals surface area contributed by atoms with Crippen molar-refractivity contribution in [3.05, 3.63) is 72.3 Å². The van der Waals surface area contributed by atoms with Crippen LogP contribution in [0.15, 0.2) is 66.7 Å². The summed E-state index contributed by atoms with van der Waals surface area (Å²) in [7, 11) is 1.68. The third kappa shape index (κ3) is 4.51. The lowest BCUT2D eigenvalue weighted by molar-refractivity contribution is 0.227. The van der Waals surface area contributed by atoms with E-state index in [-0.39, 0.29) is 12.1 Å². The number of nitrogens with zero attached hydrogens (tertiary/aromatic N) is 1. The molecule has 3 aromatic carbocycles. The molecule has 1 atom stereocenters. The number of carbonyl (C=O) groups is 1. The van der Waals surface area contributed by atoms with Gasteiger partial charge in [0.25, 0.3) is 0 Å². The maximum Gasteiger partial charge on any atom is 0.319 e. The van der Waals surface area contributed by atoms with E-state index in [4.69, 9.17) is 4.74 Å². The van der Waals surface area contributed by atoms with Crippen molar-refractivity contribution in [3.63, 3.8) is 0 Å². The van der Waals surface area contributed by atoms with Crippen LogP contribution in [0, 0.1) is 0 Å².